The second kappa shape index (κ2) is 7.09. The highest BCUT2D eigenvalue weighted by Gasteiger charge is 2.71. The number of ketones is 1. The monoisotopic (exact) mass is 458 g/mol. The normalized spacial score (nSPS) is 60.9. The van der Waals surface area contributed by atoms with Crippen molar-refractivity contribution >= 4 is 5.78 Å². The molecule has 0 aliphatic heterocycles. The number of hydrogen-bond acceptors (Lipinski definition) is 3. The van der Waals surface area contributed by atoms with Crippen LogP contribution in [0.25, 0.3) is 0 Å². The third-order valence-electron chi connectivity index (χ3n) is 14.1. The van der Waals surface area contributed by atoms with Crippen LogP contribution in [0.5, 0.6) is 0 Å². The van der Waals surface area contributed by atoms with Crippen LogP contribution in [0.15, 0.2) is 0 Å². The fourth-order valence-corrected chi connectivity index (χ4v) is 11.3. The van der Waals surface area contributed by atoms with Crippen LogP contribution in [0.3, 0.4) is 0 Å². The largest absolute Gasteiger partial charge is 0.396 e. The summed E-state index contributed by atoms with van der Waals surface area (Å²) >= 11 is 0. The van der Waals surface area contributed by atoms with Crippen molar-refractivity contribution in [2.45, 2.75) is 119 Å². The average Bonchev–Trinajstić information content (AvgIpc) is 2.75. The van der Waals surface area contributed by atoms with Crippen LogP contribution >= 0.6 is 0 Å². The summed E-state index contributed by atoms with van der Waals surface area (Å²) in [5.74, 6) is 2.62. The Morgan fingerprint density at radius 3 is 2.09 bits per heavy atom. The molecule has 0 saturated heterocycles. The van der Waals surface area contributed by atoms with Crippen LogP contribution in [0.1, 0.15) is 113 Å². The lowest BCUT2D eigenvalue weighted by atomic mass is 9.30. The van der Waals surface area contributed by atoms with E-state index in [9.17, 15) is 15.0 Å². The Kier molecular flexibility index (Phi) is 5.22. The fraction of sp³-hybridized carbons (Fsp3) is 0.967. The van der Waals surface area contributed by atoms with Crippen molar-refractivity contribution in [2.24, 2.45) is 56.2 Å². The maximum absolute atomic E-state index is 12.7. The lowest BCUT2D eigenvalue weighted by Crippen LogP contribution is -2.68. The lowest BCUT2D eigenvalue weighted by molar-refractivity contribution is -0.267. The first-order valence-electron chi connectivity index (χ1n) is 14.0. The van der Waals surface area contributed by atoms with Gasteiger partial charge < -0.3 is 10.2 Å². The molecule has 3 heteroatoms. The summed E-state index contributed by atoms with van der Waals surface area (Å²) in [6.45, 7) is 17.2. The van der Waals surface area contributed by atoms with E-state index in [1.54, 1.807) is 0 Å². The number of carbonyl (C=O) groups excluding carboxylic acids is 1. The van der Waals surface area contributed by atoms with Gasteiger partial charge in [0.15, 0.2) is 0 Å². The molecule has 0 radical (unpaired) electrons. The maximum atomic E-state index is 12.7. The zero-order chi connectivity index (χ0) is 24.2. The molecule has 0 aromatic heterocycles. The molecule has 0 bridgehead atoms. The lowest BCUT2D eigenvalue weighted by Gasteiger charge is -2.75. The van der Waals surface area contributed by atoms with E-state index in [-0.39, 0.29) is 39.6 Å². The number of aliphatic hydroxyl groups is 2. The molecular formula is C30H50O3. The topological polar surface area (TPSA) is 57.5 Å². The first kappa shape index (κ1) is 24.3. The molecular weight excluding hydrogens is 408 g/mol. The molecule has 33 heavy (non-hydrogen) atoms. The minimum atomic E-state index is -0.401. The number of rotatable bonds is 1. The van der Waals surface area contributed by atoms with Gasteiger partial charge in [-0.2, -0.15) is 0 Å². The minimum absolute atomic E-state index is 0.0844. The minimum Gasteiger partial charge on any atom is -0.396 e. The Morgan fingerprint density at radius 2 is 1.42 bits per heavy atom. The van der Waals surface area contributed by atoms with E-state index < -0.39 is 6.10 Å². The summed E-state index contributed by atoms with van der Waals surface area (Å²) in [6, 6.07) is 0. The molecule has 0 amide bonds. The van der Waals surface area contributed by atoms with Crippen LogP contribution in [0, 0.1) is 56.2 Å². The molecule has 5 fully saturated rings. The van der Waals surface area contributed by atoms with E-state index in [0.29, 0.717) is 29.0 Å². The predicted octanol–water partition coefficient (Wildman–Crippen LogP) is 6.40. The van der Waals surface area contributed by atoms with Gasteiger partial charge in [-0.3, -0.25) is 4.79 Å². The number of Topliss-reactive ketones (excluding diaryl/α,β-unsaturated/α-hetero) is 1. The second-order valence-electron chi connectivity index (χ2n) is 15.2. The molecule has 0 aromatic carbocycles. The maximum Gasteiger partial charge on any atom is 0.136 e. The van der Waals surface area contributed by atoms with Gasteiger partial charge in [-0.1, -0.05) is 48.5 Å². The van der Waals surface area contributed by atoms with Crippen molar-refractivity contribution in [2.75, 3.05) is 6.61 Å². The Hall–Kier alpha value is -0.410. The summed E-state index contributed by atoms with van der Waals surface area (Å²) in [7, 11) is 0. The Labute approximate surface area is 202 Å². The number of carbonyl (C=O) groups is 1. The summed E-state index contributed by atoms with van der Waals surface area (Å²) in [6.07, 6.45) is 10.7. The van der Waals surface area contributed by atoms with Crippen LogP contribution in [-0.4, -0.2) is 28.7 Å². The molecule has 5 saturated carbocycles. The van der Waals surface area contributed by atoms with E-state index in [0.717, 1.165) is 25.7 Å². The Balaban J connectivity index is 1.54. The smallest absolute Gasteiger partial charge is 0.136 e. The van der Waals surface area contributed by atoms with Gasteiger partial charge in [0, 0.05) is 17.8 Å². The van der Waals surface area contributed by atoms with E-state index in [1.165, 1.54) is 38.5 Å². The highest BCUT2D eigenvalue weighted by atomic mass is 16.3. The van der Waals surface area contributed by atoms with Gasteiger partial charge in [-0.25, -0.2) is 0 Å². The zero-order valence-corrected chi connectivity index (χ0v) is 22.5. The van der Waals surface area contributed by atoms with E-state index in [1.807, 2.05) is 0 Å². The quantitative estimate of drug-likeness (QED) is 0.478. The molecule has 188 valence electrons. The fourth-order valence-electron chi connectivity index (χ4n) is 11.3. The standard InChI is InChI=1S/C30H50O3/c1-19-20(32)8-9-21-27(19,4)11-10-22-28(21,5)13-15-30(7)23-16-26(3,18-31)24(33)17-25(23,2)12-14-29(22,30)6/h19,21-24,31,33H,8-18H2,1-7H3. The molecule has 0 heterocycles. The highest BCUT2D eigenvalue weighted by Crippen LogP contribution is 2.78. The third kappa shape index (κ3) is 2.85. The zero-order valence-electron chi connectivity index (χ0n) is 22.5. The molecule has 3 nitrogen and oxygen atoms in total. The van der Waals surface area contributed by atoms with Gasteiger partial charge in [-0.05, 0) is 103 Å². The van der Waals surface area contributed by atoms with Gasteiger partial charge in [-0.15, -0.1) is 0 Å². The molecule has 0 aromatic rings. The van der Waals surface area contributed by atoms with Crippen molar-refractivity contribution in [3.8, 4) is 0 Å². The van der Waals surface area contributed by atoms with Crippen molar-refractivity contribution in [3.63, 3.8) is 0 Å². The number of fused-ring (bicyclic) bond motifs is 7. The van der Waals surface area contributed by atoms with Crippen LogP contribution in [-0.2, 0) is 4.79 Å². The number of hydrogen-bond donors (Lipinski definition) is 2. The Bertz CT molecular complexity index is 838. The van der Waals surface area contributed by atoms with Crippen LogP contribution in [0.2, 0.25) is 0 Å². The van der Waals surface area contributed by atoms with Gasteiger partial charge in [0.05, 0.1) is 12.7 Å². The second-order valence-corrected chi connectivity index (χ2v) is 15.2. The van der Waals surface area contributed by atoms with E-state index in [2.05, 4.69) is 48.5 Å². The Morgan fingerprint density at radius 1 is 0.788 bits per heavy atom. The SMILES string of the molecule is CC1C(=O)CCC2C1(C)CCC1C2(C)CCC2(C)C3CC(C)(CO)C(O)CC3(C)CCC12C. The molecule has 5 aliphatic rings. The first-order chi connectivity index (χ1) is 15.2. The first-order valence-corrected chi connectivity index (χ1v) is 14.0. The summed E-state index contributed by atoms with van der Waals surface area (Å²) < 4.78 is 0. The summed E-state index contributed by atoms with van der Waals surface area (Å²) in [5.41, 5.74) is 0.803. The van der Waals surface area contributed by atoms with Gasteiger partial charge >= 0.3 is 0 Å². The highest BCUT2D eigenvalue weighted by molar-refractivity contribution is 5.82. The molecule has 5 rings (SSSR count). The van der Waals surface area contributed by atoms with Crippen molar-refractivity contribution in [1.82, 2.24) is 0 Å². The van der Waals surface area contributed by atoms with Crippen LogP contribution < -0.4 is 0 Å². The molecule has 2 N–H and O–H groups in total. The average molecular weight is 459 g/mol. The van der Waals surface area contributed by atoms with Crippen molar-refractivity contribution in [1.29, 1.82) is 0 Å². The molecule has 11 unspecified atom stereocenters. The summed E-state index contributed by atoms with van der Waals surface area (Å²) in [4.78, 5) is 12.7. The van der Waals surface area contributed by atoms with Crippen molar-refractivity contribution in [3.05, 3.63) is 0 Å². The third-order valence-corrected chi connectivity index (χ3v) is 14.1. The predicted molar refractivity (Wildman–Crippen MR) is 133 cm³/mol. The number of aliphatic hydroxyl groups excluding tert-OH is 2. The molecule has 5 aliphatic carbocycles. The van der Waals surface area contributed by atoms with Gasteiger partial charge in [0.2, 0.25) is 0 Å². The van der Waals surface area contributed by atoms with Crippen molar-refractivity contribution < 1.29 is 15.0 Å². The van der Waals surface area contributed by atoms with Gasteiger partial charge in [0.25, 0.3) is 0 Å². The molecule has 11 atom stereocenters. The van der Waals surface area contributed by atoms with E-state index >= 15 is 0 Å². The van der Waals surface area contributed by atoms with Gasteiger partial charge in [0.1, 0.15) is 5.78 Å². The van der Waals surface area contributed by atoms with E-state index in [4.69, 9.17) is 0 Å². The molecule has 0 spiro atoms. The summed E-state index contributed by atoms with van der Waals surface area (Å²) in [5, 5.41) is 21.3. The van der Waals surface area contributed by atoms with Crippen LogP contribution in [0.4, 0.5) is 0 Å².